The summed E-state index contributed by atoms with van der Waals surface area (Å²) < 4.78 is 18.3. The lowest BCUT2D eigenvalue weighted by atomic mass is 10.2. The molecule has 1 N–H and O–H groups in total. The Morgan fingerprint density at radius 3 is 2.74 bits per heavy atom. The molecule has 0 aliphatic rings. The number of anilines is 2. The van der Waals surface area contributed by atoms with Crippen molar-refractivity contribution in [1.82, 2.24) is 9.97 Å². The van der Waals surface area contributed by atoms with Crippen molar-refractivity contribution in [3.63, 3.8) is 0 Å². The molecule has 1 heterocycles. The summed E-state index contributed by atoms with van der Waals surface area (Å²) >= 11 is 0. The Labute approximate surface area is 109 Å². The predicted octanol–water partition coefficient (Wildman–Crippen LogP) is 2.45. The van der Waals surface area contributed by atoms with E-state index < -0.39 is 5.97 Å². The van der Waals surface area contributed by atoms with E-state index in [1.807, 2.05) is 0 Å². The maximum absolute atomic E-state index is 13.8. The summed E-state index contributed by atoms with van der Waals surface area (Å²) in [6.45, 7) is 1.67. The minimum absolute atomic E-state index is 0.0952. The number of ether oxygens (including phenoxy) is 1. The molecule has 1 aromatic carbocycles. The highest BCUT2D eigenvalue weighted by atomic mass is 19.1. The lowest BCUT2D eigenvalue weighted by Crippen LogP contribution is -2.06. The van der Waals surface area contributed by atoms with Gasteiger partial charge < -0.3 is 10.1 Å². The van der Waals surface area contributed by atoms with E-state index in [1.54, 1.807) is 25.1 Å². The molecule has 2 aromatic rings. The Balaban J connectivity index is 2.20. The number of esters is 1. The molecule has 0 fully saturated rings. The molecule has 19 heavy (non-hydrogen) atoms. The van der Waals surface area contributed by atoms with Crippen LogP contribution in [0.1, 0.15) is 16.1 Å². The van der Waals surface area contributed by atoms with Gasteiger partial charge in [0.05, 0.1) is 25.2 Å². The lowest BCUT2D eigenvalue weighted by molar-refractivity contribution is 0.0593. The summed E-state index contributed by atoms with van der Waals surface area (Å²) in [4.78, 5) is 19.0. The molecule has 0 bridgehead atoms. The number of carbonyl (C=O) groups excluding carboxylic acids is 1. The van der Waals surface area contributed by atoms with Crippen LogP contribution < -0.4 is 5.32 Å². The zero-order valence-electron chi connectivity index (χ0n) is 10.5. The van der Waals surface area contributed by atoms with Crippen LogP contribution in [0, 0.1) is 12.7 Å². The van der Waals surface area contributed by atoms with Gasteiger partial charge >= 0.3 is 5.97 Å². The summed E-state index contributed by atoms with van der Waals surface area (Å²) in [5, 5.41) is 2.80. The molecule has 0 aliphatic heterocycles. The third kappa shape index (κ3) is 2.85. The van der Waals surface area contributed by atoms with Crippen molar-refractivity contribution < 1.29 is 13.9 Å². The maximum atomic E-state index is 13.8. The van der Waals surface area contributed by atoms with Crippen molar-refractivity contribution in [2.45, 2.75) is 6.92 Å². The summed E-state index contributed by atoms with van der Waals surface area (Å²) in [7, 11) is 1.26. The first kappa shape index (κ1) is 12.9. The van der Waals surface area contributed by atoms with Gasteiger partial charge in [-0.2, -0.15) is 0 Å². The van der Waals surface area contributed by atoms with E-state index >= 15 is 0 Å². The molecule has 0 saturated heterocycles. The molecular formula is C13H12FN3O2. The Morgan fingerprint density at radius 2 is 2.11 bits per heavy atom. The third-order valence-corrected chi connectivity index (χ3v) is 2.50. The van der Waals surface area contributed by atoms with Crippen LogP contribution in [-0.4, -0.2) is 23.0 Å². The van der Waals surface area contributed by atoms with E-state index in [-0.39, 0.29) is 11.5 Å². The molecule has 0 saturated carbocycles. The maximum Gasteiger partial charge on any atom is 0.358 e. The standard InChI is InChI=1S/C13H12FN3O2/c1-8-4-3-5-9(12(8)14)17-11-7-15-10(6-16-11)13(18)19-2/h3-7H,1-2H3,(H,16,17). The molecule has 0 amide bonds. The van der Waals surface area contributed by atoms with Crippen LogP contribution in [0.3, 0.4) is 0 Å². The van der Waals surface area contributed by atoms with E-state index in [2.05, 4.69) is 20.0 Å². The van der Waals surface area contributed by atoms with Crippen molar-refractivity contribution in [1.29, 1.82) is 0 Å². The van der Waals surface area contributed by atoms with Gasteiger partial charge in [0.1, 0.15) is 11.6 Å². The van der Waals surface area contributed by atoms with Gasteiger partial charge in [-0.3, -0.25) is 0 Å². The van der Waals surface area contributed by atoms with E-state index in [4.69, 9.17) is 0 Å². The Hall–Kier alpha value is -2.50. The minimum Gasteiger partial charge on any atom is -0.464 e. The molecule has 2 rings (SSSR count). The van der Waals surface area contributed by atoms with E-state index in [9.17, 15) is 9.18 Å². The van der Waals surface area contributed by atoms with Gasteiger partial charge in [0.25, 0.3) is 0 Å². The highest BCUT2D eigenvalue weighted by Gasteiger charge is 2.09. The Morgan fingerprint density at radius 1 is 1.32 bits per heavy atom. The van der Waals surface area contributed by atoms with Gasteiger partial charge in [-0.15, -0.1) is 0 Å². The van der Waals surface area contributed by atoms with Crippen LogP contribution in [0.4, 0.5) is 15.9 Å². The minimum atomic E-state index is -0.569. The van der Waals surface area contributed by atoms with Crippen molar-refractivity contribution >= 4 is 17.5 Å². The average Bonchev–Trinajstić information content (AvgIpc) is 2.44. The first-order chi connectivity index (χ1) is 9.11. The molecule has 0 spiro atoms. The highest BCUT2D eigenvalue weighted by molar-refractivity contribution is 5.86. The molecule has 6 heteroatoms. The largest absolute Gasteiger partial charge is 0.464 e. The van der Waals surface area contributed by atoms with Crippen LogP contribution in [-0.2, 0) is 4.74 Å². The number of aryl methyl sites for hydroxylation is 1. The van der Waals surface area contributed by atoms with Gasteiger partial charge in [-0.05, 0) is 18.6 Å². The fourth-order valence-electron chi connectivity index (χ4n) is 1.48. The average molecular weight is 261 g/mol. The number of nitrogens with one attached hydrogen (secondary N) is 1. The van der Waals surface area contributed by atoms with Gasteiger partial charge in [0.15, 0.2) is 5.69 Å². The number of hydrogen-bond donors (Lipinski definition) is 1. The molecular weight excluding hydrogens is 249 g/mol. The molecule has 5 nitrogen and oxygen atoms in total. The van der Waals surface area contributed by atoms with Crippen LogP contribution in [0.2, 0.25) is 0 Å². The normalized spacial score (nSPS) is 10.1. The van der Waals surface area contributed by atoms with Gasteiger partial charge in [-0.1, -0.05) is 12.1 Å². The highest BCUT2D eigenvalue weighted by Crippen LogP contribution is 2.20. The first-order valence-corrected chi connectivity index (χ1v) is 5.54. The zero-order valence-corrected chi connectivity index (χ0v) is 10.5. The quantitative estimate of drug-likeness (QED) is 0.860. The van der Waals surface area contributed by atoms with Gasteiger partial charge in [-0.25, -0.2) is 19.2 Å². The molecule has 1 aromatic heterocycles. The number of hydrogen-bond acceptors (Lipinski definition) is 5. The summed E-state index contributed by atoms with van der Waals surface area (Å²) in [5.41, 5.74) is 0.932. The SMILES string of the molecule is COC(=O)c1cnc(Nc2cccc(C)c2F)cn1. The first-order valence-electron chi connectivity index (χ1n) is 5.54. The monoisotopic (exact) mass is 261 g/mol. The van der Waals surface area contributed by atoms with Gasteiger partial charge in [0.2, 0.25) is 0 Å². The number of benzene rings is 1. The summed E-state index contributed by atoms with van der Waals surface area (Å²) in [5.74, 6) is -0.570. The number of methoxy groups -OCH3 is 1. The van der Waals surface area contributed by atoms with Crippen molar-refractivity contribution in [2.75, 3.05) is 12.4 Å². The van der Waals surface area contributed by atoms with E-state index in [1.165, 1.54) is 19.5 Å². The topological polar surface area (TPSA) is 64.1 Å². The van der Waals surface area contributed by atoms with E-state index in [0.29, 0.717) is 17.1 Å². The molecule has 98 valence electrons. The van der Waals surface area contributed by atoms with Crippen LogP contribution in [0.15, 0.2) is 30.6 Å². The number of nitrogens with zero attached hydrogens (tertiary/aromatic N) is 2. The van der Waals surface area contributed by atoms with Crippen molar-refractivity contribution in [2.24, 2.45) is 0 Å². The number of aromatic nitrogens is 2. The van der Waals surface area contributed by atoms with Crippen LogP contribution >= 0.6 is 0 Å². The number of carbonyl (C=O) groups is 1. The Kier molecular flexibility index (Phi) is 3.70. The molecule has 0 unspecified atom stereocenters. The molecule has 0 atom stereocenters. The second kappa shape index (κ2) is 5.43. The number of rotatable bonds is 3. The van der Waals surface area contributed by atoms with Crippen molar-refractivity contribution in [3.05, 3.63) is 47.7 Å². The smallest absolute Gasteiger partial charge is 0.358 e. The second-order valence-corrected chi connectivity index (χ2v) is 3.84. The Bertz CT molecular complexity index is 599. The lowest BCUT2D eigenvalue weighted by Gasteiger charge is -2.08. The third-order valence-electron chi connectivity index (χ3n) is 2.50. The van der Waals surface area contributed by atoms with Crippen molar-refractivity contribution in [3.8, 4) is 0 Å². The predicted molar refractivity (Wildman–Crippen MR) is 67.8 cm³/mol. The zero-order chi connectivity index (χ0) is 13.8. The van der Waals surface area contributed by atoms with Crippen LogP contribution in [0.25, 0.3) is 0 Å². The van der Waals surface area contributed by atoms with Crippen LogP contribution in [0.5, 0.6) is 0 Å². The molecule has 0 radical (unpaired) electrons. The summed E-state index contributed by atoms with van der Waals surface area (Å²) in [6.07, 6.45) is 2.61. The van der Waals surface area contributed by atoms with Gasteiger partial charge in [0, 0.05) is 0 Å². The fraction of sp³-hybridized carbons (Fsp3) is 0.154. The number of halogens is 1. The second-order valence-electron chi connectivity index (χ2n) is 3.84. The molecule has 0 aliphatic carbocycles. The fourth-order valence-corrected chi connectivity index (χ4v) is 1.48. The summed E-state index contributed by atoms with van der Waals surface area (Å²) in [6, 6.07) is 5.00. The van der Waals surface area contributed by atoms with E-state index in [0.717, 1.165) is 0 Å².